The van der Waals surface area contributed by atoms with Gasteiger partial charge in [0.15, 0.2) is 11.6 Å². The summed E-state index contributed by atoms with van der Waals surface area (Å²) in [6, 6.07) is 7.63. The number of carbonyl (C=O) groups is 1. The van der Waals surface area contributed by atoms with E-state index in [2.05, 4.69) is 0 Å². The predicted molar refractivity (Wildman–Crippen MR) is 62.8 cm³/mol. The summed E-state index contributed by atoms with van der Waals surface area (Å²) in [5, 5.41) is 0. The van der Waals surface area contributed by atoms with Crippen molar-refractivity contribution in [1.82, 2.24) is 0 Å². The van der Waals surface area contributed by atoms with Gasteiger partial charge in [0.05, 0.1) is 13.2 Å². The lowest BCUT2D eigenvalue weighted by Gasteiger charge is -2.27. The second kappa shape index (κ2) is 3.93. The molecule has 0 spiro atoms. The van der Waals surface area contributed by atoms with Crippen LogP contribution in [0.1, 0.15) is 35.7 Å². The zero-order chi connectivity index (χ0) is 11.9. The van der Waals surface area contributed by atoms with E-state index in [0.717, 1.165) is 24.0 Å². The molecular weight excluding hydrogens is 216 g/mol. The van der Waals surface area contributed by atoms with E-state index in [-0.39, 0.29) is 5.78 Å². The van der Waals surface area contributed by atoms with Crippen molar-refractivity contribution in [2.75, 3.05) is 13.2 Å². The number of Topliss-reactive ketones (excluding diaryl/α,β-unsaturated/α-hetero) is 1. The van der Waals surface area contributed by atoms with Gasteiger partial charge in [0.25, 0.3) is 0 Å². The highest BCUT2D eigenvalue weighted by Gasteiger charge is 2.51. The van der Waals surface area contributed by atoms with E-state index in [0.29, 0.717) is 19.1 Å². The quantitative estimate of drug-likeness (QED) is 0.751. The molecule has 0 N–H and O–H groups in total. The second-order valence-corrected chi connectivity index (χ2v) is 4.77. The van der Waals surface area contributed by atoms with Gasteiger partial charge in [-0.3, -0.25) is 4.79 Å². The van der Waals surface area contributed by atoms with E-state index in [9.17, 15) is 4.79 Å². The Kier molecular flexibility index (Phi) is 2.53. The highest BCUT2D eigenvalue weighted by Crippen LogP contribution is 2.50. The van der Waals surface area contributed by atoms with Gasteiger partial charge in [0, 0.05) is 17.0 Å². The van der Waals surface area contributed by atoms with Gasteiger partial charge in [-0.1, -0.05) is 24.3 Å². The molecule has 1 heterocycles. The van der Waals surface area contributed by atoms with Crippen LogP contribution in [0.3, 0.4) is 0 Å². The van der Waals surface area contributed by atoms with Crippen LogP contribution in [0, 0.1) is 5.92 Å². The maximum atomic E-state index is 11.2. The summed E-state index contributed by atoms with van der Waals surface area (Å²) in [7, 11) is 0. The minimum absolute atomic E-state index is 0.0882. The maximum absolute atomic E-state index is 11.2. The third-order valence-corrected chi connectivity index (χ3v) is 3.52. The molecule has 0 bridgehead atoms. The van der Waals surface area contributed by atoms with Crippen LogP contribution in [-0.4, -0.2) is 19.0 Å². The Balaban J connectivity index is 1.93. The first-order valence-corrected chi connectivity index (χ1v) is 6.12. The van der Waals surface area contributed by atoms with Crippen LogP contribution in [0.25, 0.3) is 0 Å². The van der Waals surface area contributed by atoms with Crippen LogP contribution in [0.5, 0.6) is 0 Å². The van der Waals surface area contributed by atoms with E-state index in [4.69, 9.17) is 9.47 Å². The summed E-state index contributed by atoms with van der Waals surface area (Å²) >= 11 is 0. The van der Waals surface area contributed by atoms with Crippen molar-refractivity contribution < 1.29 is 14.3 Å². The first-order chi connectivity index (χ1) is 8.22. The number of carbonyl (C=O) groups excluding carboxylic acids is 1. The number of ketones is 1. The molecule has 3 nitrogen and oxygen atoms in total. The molecule has 0 unspecified atom stereocenters. The Morgan fingerprint density at radius 2 is 1.76 bits per heavy atom. The predicted octanol–water partition coefficient (Wildman–Crippen LogP) is 2.50. The number of hydrogen-bond donors (Lipinski definition) is 0. The van der Waals surface area contributed by atoms with Crippen LogP contribution in [0.2, 0.25) is 0 Å². The topological polar surface area (TPSA) is 35.5 Å². The molecule has 3 heteroatoms. The first-order valence-electron chi connectivity index (χ1n) is 6.12. The van der Waals surface area contributed by atoms with Gasteiger partial charge in [-0.25, -0.2) is 0 Å². The van der Waals surface area contributed by atoms with Crippen molar-refractivity contribution in [2.45, 2.75) is 25.6 Å². The van der Waals surface area contributed by atoms with Crippen molar-refractivity contribution in [3.63, 3.8) is 0 Å². The van der Waals surface area contributed by atoms with E-state index in [1.807, 2.05) is 24.3 Å². The Bertz CT molecular complexity index is 425. The van der Waals surface area contributed by atoms with Gasteiger partial charge in [-0.2, -0.15) is 0 Å². The molecule has 1 aromatic rings. The maximum Gasteiger partial charge on any atom is 0.197 e. The van der Waals surface area contributed by atoms with E-state index >= 15 is 0 Å². The SMILES string of the molecule is CC(=O)c1ccc(C2(C3CC3)OCCO2)cc1. The lowest BCUT2D eigenvalue weighted by atomic mass is 9.99. The third-order valence-electron chi connectivity index (χ3n) is 3.52. The van der Waals surface area contributed by atoms with E-state index in [1.165, 1.54) is 0 Å². The molecule has 1 saturated heterocycles. The molecule has 1 aromatic carbocycles. The summed E-state index contributed by atoms with van der Waals surface area (Å²) in [4.78, 5) is 11.2. The number of hydrogen-bond acceptors (Lipinski definition) is 3. The molecule has 0 amide bonds. The Morgan fingerprint density at radius 1 is 1.18 bits per heavy atom. The van der Waals surface area contributed by atoms with Crippen LogP contribution in [-0.2, 0) is 15.3 Å². The molecule has 90 valence electrons. The fraction of sp³-hybridized carbons (Fsp3) is 0.500. The molecule has 0 radical (unpaired) electrons. The Morgan fingerprint density at radius 3 is 2.24 bits per heavy atom. The lowest BCUT2D eigenvalue weighted by Crippen LogP contribution is -2.29. The van der Waals surface area contributed by atoms with Crippen LogP contribution < -0.4 is 0 Å². The second-order valence-electron chi connectivity index (χ2n) is 4.77. The Hall–Kier alpha value is -1.19. The monoisotopic (exact) mass is 232 g/mol. The van der Waals surface area contributed by atoms with Crippen molar-refractivity contribution in [2.24, 2.45) is 5.92 Å². The van der Waals surface area contributed by atoms with Gasteiger partial charge >= 0.3 is 0 Å². The fourth-order valence-corrected chi connectivity index (χ4v) is 2.47. The largest absolute Gasteiger partial charge is 0.343 e. The third kappa shape index (κ3) is 1.79. The molecule has 3 rings (SSSR count). The molecule has 1 aliphatic heterocycles. The van der Waals surface area contributed by atoms with Gasteiger partial charge in [0.2, 0.25) is 0 Å². The summed E-state index contributed by atoms with van der Waals surface area (Å²) < 4.78 is 11.7. The minimum atomic E-state index is -0.532. The highest BCUT2D eigenvalue weighted by atomic mass is 16.7. The molecule has 2 fully saturated rings. The van der Waals surface area contributed by atoms with Crippen LogP contribution in [0.15, 0.2) is 24.3 Å². The summed E-state index contributed by atoms with van der Waals surface area (Å²) in [6.07, 6.45) is 2.32. The number of benzene rings is 1. The van der Waals surface area contributed by atoms with Crippen molar-refractivity contribution >= 4 is 5.78 Å². The molecule has 0 atom stereocenters. The fourth-order valence-electron chi connectivity index (χ4n) is 2.47. The van der Waals surface area contributed by atoms with Crippen LogP contribution in [0.4, 0.5) is 0 Å². The smallest absolute Gasteiger partial charge is 0.197 e. The lowest BCUT2D eigenvalue weighted by molar-refractivity contribution is -0.182. The zero-order valence-electron chi connectivity index (χ0n) is 9.94. The first kappa shape index (κ1) is 10.9. The van der Waals surface area contributed by atoms with Crippen molar-refractivity contribution in [3.05, 3.63) is 35.4 Å². The van der Waals surface area contributed by atoms with Gasteiger partial charge in [-0.15, -0.1) is 0 Å². The number of ether oxygens (including phenoxy) is 2. The Labute approximate surface area is 101 Å². The van der Waals surface area contributed by atoms with Gasteiger partial charge in [0.1, 0.15) is 0 Å². The molecule has 0 aromatic heterocycles. The molecule has 2 aliphatic rings. The zero-order valence-corrected chi connectivity index (χ0v) is 9.94. The average molecular weight is 232 g/mol. The summed E-state index contributed by atoms with van der Waals surface area (Å²) in [5.41, 5.74) is 1.78. The molecule has 17 heavy (non-hydrogen) atoms. The normalized spacial score (nSPS) is 22.6. The molecule has 1 aliphatic carbocycles. The van der Waals surface area contributed by atoms with Crippen molar-refractivity contribution in [1.29, 1.82) is 0 Å². The summed E-state index contributed by atoms with van der Waals surface area (Å²) in [5.74, 6) is 0.0356. The highest BCUT2D eigenvalue weighted by molar-refractivity contribution is 5.94. The average Bonchev–Trinajstić information content (AvgIpc) is 3.09. The molecule has 1 saturated carbocycles. The molecular formula is C14H16O3. The number of rotatable bonds is 3. The van der Waals surface area contributed by atoms with Crippen LogP contribution >= 0.6 is 0 Å². The van der Waals surface area contributed by atoms with E-state index in [1.54, 1.807) is 6.92 Å². The van der Waals surface area contributed by atoms with Gasteiger partial charge in [-0.05, 0) is 19.8 Å². The summed E-state index contributed by atoms with van der Waals surface area (Å²) in [6.45, 7) is 2.89. The van der Waals surface area contributed by atoms with Crippen molar-refractivity contribution in [3.8, 4) is 0 Å². The standard InChI is InChI=1S/C14H16O3/c1-10(15)11-2-4-12(5-3-11)14(13-6-7-13)16-8-9-17-14/h2-5,13H,6-9H2,1H3. The minimum Gasteiger partial charge on any atom is -0.343 e. The van der Waals surface area contributed by atoms with E-state index < -0.39 is 5.79 Å². The van der Waals surface area contributed by atoms with Gasteiger partial charge < -0.3 is 9.47 Å².